The standard InChI is InChI=1S/C15H24N2O3S/c1-9(2)20-13-12(16)14(10(3)18)21-15(13)17-8-11-6-4-5-7-19-11/h9,11,17H,4-8,16H2,1-3H3. The first-order valence-electron chi connectivity index (χ1n) is 7.44. The molecule has 0 amide bonds. The van der Waals surface area contributed by atoms with Crippen molar-refractivity contribution in [2.45, 2.75) is 52.2 Å². The van der Waals surface area contributed by atoms with Crippen LogP contribution in [-0.2, 0) is 4.74 Å². The molecule has 0 bridgehead atoms. The van der Waals surface area contributed by atoms with Crippen LogP contribution >= 0.6 is 11.3 Å². The molecule has 0 aromatic carbocycles. The molecule has 1 aromatic heterocycles. The number of carbonyl (C=O) groups is 1. The summed E-state index contributed by atoms with van der Waals surface area (Å²) in [4.78, 5) is 12.2. The Balaban J connectivity index is 2.12. The zero-order valence-electron chi connectivity index (χ0n) is 12.9. The molecule has 3 N–H and O–H groups in total. The Labute approximate surface area is 129 Å². The second-order valence-corrected chi connectivity index (χ2v) is 6.62. The number of rotatable bonds is 6. The molecule has 0 aliphatic carbocycles. The van der Waals surface area contributed by atoms with Crippen LogP contribution in [0.1, 0.15) is 49.7 Å². The van der Waals surface area contributed by atoms with Gasteiger partial charge in [0.2, 0.25) is 0 Å². The van der Waals surface area contributed by atoms with Crippen LogP contribution in [-0.4, -0.2) is 31.1 Å². The highest BCUT2D eigenvalue weighted by molar-refractivity contribution is 7.19. The molecule has 1 fully saturated rings. The predicted octanol–water partition coefficient (Wildman–Crippen LogP) is 3.30. The van der Waals surface area contributed by atoms with Crippen molar-refractivity contribution in [2.75, 3.05) is 24.2 Å². The topological polar surface area (TPSA) is 73.6 Å². The molecule has 1 aromatic rings. The molecule has 21 heavy (non-hydrogen) atoms. The zero-order valence-corrected chi connectivity index (χ0v) is 13.7. The van der Waals surface area contributed by atoms with E-state index < -0.39 is 0 Å². The van der Waals surface area contributed by atoms with Crippen molar-refractivity contribution in [3.63, 3.8) is 0 Å². The summed E-state index contributed by atoms with van der Waals surface area (Å²) in [5.41, 5.74) is 6.49. The van der Waals surface area contributed by atoms with Crippen LogP contribution in [0.4, 0.5) is 10.7 Å². The highest BCUT2D eigenvalue weighted by atomic mass is 32.1. The highest BCUT2D eigenvalue weighted by Gasteiger charge is 2.22. The number of nitrogen functional groups attached to an aromatic ring is 1. The van der Waals surface area contributed by atoms with Gasteiger partial charge in [-0.05, 0) is 33.1 Å². The number of carbonyl (C=O) groups excluding carboxylic acids is 1. The molecule has 0 radical (unpaired) electrons. The quantitative estimate of drug-likeness (QED) is 0.788. The summed E-state index contributed by atoms with van der Waals surface area (Å²) < 4.78 is 11.5. The minimum absolute atomic E-state index is 0.00758. The fraction of sp³-hybridized carbons (Fsp3) is 0.667. The number of ether oxygens (including phenoxy) is 2. The molecule has 1 aliphatic heterocycles. The Morgan fingerprint density at radius 1 is 1.52 bits per heavy atom. The molecule has 118 valence electrons. The maximum Gasteiger partial charge on any atom is 0.177 e. The molecule has 5 nitrogen and oxygen atoms in total. The zero-order chi connectivity index (χ0) is 15.4. The second kappa shape index (κ2) is 7.13. The van der Waals surface area contributed by atoms with Crippen LogP contribution in [0.2, 0.25) is 0 Å². The van der Waals surface area contributed by atoms with Gasteiger partial charge >= 0.3 is 0 Å². The molecular weight excluding hydrogens is 288 g/mol. The lowest BCUT2D eigenvalue weighted by Crippen LogP contribution is -2.26. The summed E-state index contributed by atoms with van der Waals surface area (Å²) in [6, 6.07) is 0. The Bertz CT molecular complexity index is 493. The lowest BCUT2D eigenvalue weighted by molar-refractivity contribution is 0.0248. The molecule has 1 aliphatic rings. The van der Waals surface area contributed by atoms with Gasteiger partial charge < -0.3 is 20.5 Å². The summed E-state index contributed by atoms with van der Waals surface area (Å²) in [5.74, 6) is 0.559. The molecule has 1 unspecified atom stereocenters. The van der Waals surface area contributed by atoms with Gasteiger partial charge in [0.25, 0.3) is 0 Å². The number of nitrogens with two attached hydrogens (primary N) is 1. The van der Waals surface area contributed by atoms with E-state index in [9.17, 15) is 4.79 Å². The summed E-state index contributed by atoms with van der Waals surface area (Å²) in [7, 11) is 0. The molecule has 2 rings (SSSR count). The van der Waals surface area contributed by atoms with Gasteiger partial charge in [0.1, 0.15) is 5.00 Å². The van der Waals surface area contributed by atoms with Gasteiger partial charge in [0, 0.05) is 20.1 Å². The number of nitrogens with one attached hydrogen (secondary N) is 1. The van der Waals surface area contributed by atoms with Gasteiger partial charge in [-0.2, -0.15) is 0 Å². The van der Waals surface area contributed by atoms with Crippen molar-refractivity contribution >= 4 is 27.8 Å². The Morgan fingerprint density at radius 3 is 2.86 bits per heavy atom. The number of hydrogen-bond donors (Lipinski definition) is 2. The molecule has 1 atom stereocenters. The van der Waals surface area contributed by atoms with E-state index in [-0.39, 0.29) is 18.0 Å². The predicted molar refractivity (Wildman–Crippen MR) is 86.6 cm³/mol. The second-order valence-electron chi connectivity index (χ2n) is 5.60. The van der Waals surface area contributed by atoms with E-state index in [2.05, 4.69) is 5.32 Å². The maximum absolute atomic E-state index is 11.6. The fourth-order valence-corrected chi connectivity index (χ4v) is 3.29. The van der Waals surface area contributed by atoms with E-state index in [1.807, 2.05) is 13.8 Å². The molecule has 0 spiro atoms. The first-order chi connectivity index (χ1) is 9.99. The monoisotopic (exact) mass is 312 g/mol. The van der Waals surface area contributed by atoms with Crippen molar-refractivity contribution in [1.82, 2.24) is 0 Å². The molecule has 6 heteroatoms. The minimum Gasteiger partial charge on any atom is -0.486 e. The van der Waals surface area contributed by atoms with E-state index in [4.69, 9.17) is 15.2 Å². The smallest absolute Gasteiger partial charge is 0.177 e. The van der Waals surface area contributed by atoms with Crippen molar-refractivity contribution in [3.05, 3.63) is 4.88 Å². The van der Waals surface area contributed by atoms with Gasteiger partial charge in [-0.15, -0.1) is 11.3 Å². The molecular formula is C15H24N2O3S. The van der Waals surface area contributed by atoms with Crippen molar-refractivity contribution in [2.24, 2.45) is 0 Å². The van der Waals surface area contributed by atoms with Crippen LogP contribution in [0.25, 0.3) is 0 Å². The Morgan fingerprint density at radius 2 is 2.29 bits per heavy atom. The largest absolute Gasteiger partial charge is 0.486 e. The van der Waals surface area contributed by atoms with E-state index in [1.165, 1.54) is 24.7 Å². The average molecular weight is 312 g/mol. The van der Waals surface area contributed by atoms with E-state index in [1.54, 1.807) is 0 Å². The lowest BCUT2D eigenvalue weighted by atomic mass is 10.1. The summed E-state index contributed by atoms with van der Waals surface area (Å²) in [6.07, 6.45) is 3.63. The average Bonchev–Trinajstić information content (AvgIpc) is 2.75. The fourth-order valence-electron chi connectivity index (χ4n) is 2.33. The number of thiophene rings is 1. The van der Waals surface area contributed by atoms with Gasteiger partial charge in [0.15, 0.2) is 11.5 Å². The van der Waals surface area contributed by atoms with Gasteiger partial charge in [-0.3, -0.25) is 4.79 Å². The van der Waals surface area contributed by atoms with Crippen LogP contribution in [0, 0.1) is 0 Å². The lowest BCUT2D eigenvalue weighted by Gasteiger charge is -2.23. The number of ketones is 1. The number of anilines is 2. The maximum atomic E-state index is 11.6. The first-order valence-corrected chi connectivity index (χ1v) is 8.26. The van der Waals surface area contributed by atoms with Crippen molar-refractivity contribution in [3.8, 4) is 5.75 Å². The summed E-state index contributed by atoms with van der Waals surface area (Å²) in [6.45, 7) is 6.95. The van der Waals surface area contributed by atoms with E-state index in [0.717, 1.165) is 24.4 Å². The van der Waals surface area contributed by atoms with Gasteiger partial charge in [-0.25, -0.2) is 0 Å². The van der Waals surface area contributed by atoms with Gasteiger partial charge in [0.05, 0.1) is 22.8 Å². The first kappa shape index (κ1) is 16.1. The Kier molecular flexibility index (Phi) is 5.47. The Hall–Kier alpha value is -1.27. The van der Waals surface area contributed by atoms with Crippen molar-refractivity contribution in [1.29, 1.82) is 0 Å². The normalized spacial score (nSPS) is 18.8. The van der Waals surface area contributed by atoms with Crippen LogP contribution in [0.15, 0.2) is 0 Å². The summed E-state index contributed by atoms with van der Waals surface area (Å²) >= 11 is 1.36. The third-order valence-electron chi connectivity index (χ3n) is 3.34. The van der Waals surface area contributed by atoms with Crippen molar-refractivity contribution < 1.29 is 14.3 Å². The number of hydrogen-bond acceptors (Lipinski definition) is 6. The molecule has 2 heterocycles. The van der Waals surface area contributed by atoms with Crippen LogP contribution in [0.3, 0.4) is 0 Å². The van der Waals surface area contributed by atoms with Crippen LogP contribution in [0.5, 0.6) is 5.75 Å². The number of Topliss-reactive ketones (excluding diaryl/α,β-unsaturated/α-hetero) is 1. The van der Waals surface area contributed by atoms with E-state index >= 15 is 0 Å². The molecule has 0 saturated carbocycles. The third-order valence-corrected chi connectivity index (χ3v) is 4.58. The summed E-state index contributed by atoms with van der Waals surface area (Å²) in [5, 5.41) is 4.16. The van der Waals surface area contributed by atoms with Crippen LogP contribution < -0.4 is 15.8 Å². The SMILES string of the molecule is CC(=O)c1sc(NCC2CCCCO2)c(OC(C)C)c1N. The third kappa shape index (κ3) is 4.11. The van der Waals surface area contributed by atoms with Gasteiger partial charge in [-0.1, -0.05) is 0 Å². The van der Waals surface area contributed by atoms with E-state index in [0.29, 0.717) is 22.9 Å². The molecule has 1 saturated heterocycles. The minimum atomic E-state index is -0.0342. The highest BCUT2D eigenvalue weighted by Crippen LogP contribution is 2.43.